The molecule has 0 unspecified atom stereocenters. The van der Waals surface area contributed by atoms with E-state index in [1.54, 1.807) is 0 Å². The molecule has 0 bridgehead atoms. The van der Waals surface area contributed by atoms with Gasteiger partial charge >= 0.3 is 6.03 Å². The first-order valence-electron chi connectivity index (χ1n) is 8.29. The Balaban J connectivity index is 1.41. The van der Waals surface area contributed by atoms with Gasteiger partial charge in [0.15, 0.2) is 0 Å². The SMILES string of the molecule is O=C(NCCc1ccc(Br)cc1)N1CCN(c2ccccc2)CC1. The number of amides is 2. The molecule has 1 fully saturated rings. The smallest absolute Gasteiger partial charge is 0.317 e. The monoisotopic (exact) mass is 387 g/mol. The normalized spacial score (nSPS) is 14.5. The minimum atomic E-state index is 0.0415. The maximum atomic E-state index is 12.3. The highest BCUT2D eigenvalue weighted by Gasteiger charge is 2.20. The highest BCUT2D eigenvalue weighted by Crippen LogP contribution is 2.15. The molecule has 1 N–H and O–H groups in total. The summed E-state index contributed by atoms with van der Waals surface area (Å²) in [4.78, 5) is 16.5. The fourth-order valence-electron chi connectivity index (χ4n) is 2.88. The molecule has 0 aliphatic carbocycles. The van der Waals surface area contributed by atoms with Crippen molar-refractivity contribution in [1.29, 1.82) is 0 Å². The summed E-state index contributed by atoms with van der Waals surface area (Å²) in [5.41, 5.74) is 2.46. The number of halogens is 1. The van der Waals surface area contributed by atoms with E-state index in [9.17, 15) is 4.79 Å². The van der Waals surface area contributed by atoms with E-state index in [2.05, 4.69) is 62.5 Å². The van der Waals surface area contributed by atoms with Gasteiger partial charge in [0.2, 0.25) is 0 Å². The van der Waals surface area contributed by atoms with E-state index < -0.39 is 0 Å². The number of carbonyl (C=O) groups is 1. The van der Waals surface area contributed by atoms with Gasteiger partial charge in [0, 0.05) is 42.9 Å². The summed E-state index contributed by atoms with van der Waals surface area (Å²) in [6.07, 6.45) is 0.850. The summed E-state index contributed by atoms with van der Waals surface area (Å²) < 4.78 is 1.08. The minimum Gasteiger partial charge on any atom is -0.368 e. The molecule has 1 saturated heterocycles. The predicted molar refractivity (Wildman–Crippen MR) is 101 cm³/mol. The number of nitrogens with one attached hydrogen (secondary N) is 1. The van der Waals surface area contributed by atoms with Crippen LogP contribution in [0.15, 0.2) is 59.1 Å². The largest absolute Gasteiger partial charge is 0.368 e. The molecule has 0 spiro atoms. The first kappa shape index (κ1) is 16.8. The molecule has 4 nitrogen and oxygen atoms in total. The van der Waals surface area contributed by atoms with Crippen molar-refractivity contribution in [3.63, 3.8) is 0 Å². The van der Waals surface area contributed by atoms with Crippen LogP contribution in [0.5, 0.6) is 0 Å². The molecule has 24 heavy (non-hydrogen) atoms. The quantitative estimate of drug-likeness (QED) is 0.870. The second-order valence-electron chi connectivity index (χ2n) is 5.92. The van der Waals surface area contributed by atoms with Crippen LogP contribution in [-0.4, -0.2) is 43.7 Å². The number of benzene rings is 2. The lowest BCUT2D eigenvalue weighted by molar-refractivity contribution is 0.194. The standard InChI is InChI=1S/C19H22BrN3O/c20-17-8-6-16(7-9-17)10-11-21-19(24)23-14-12-22(13-15-23)18-4-2-1-3-5-18/h1-9H,10-15H2,(H,21,24). The number of hydrogen-bond donors (Lipinski definition) is 1. The van der Waals surface area contributed by atoms with E-state index in [-0.39, 0.29) is 6.03 Å². The Hall–Kier alpha value is -2.01. The van der Waals surface area contributed by atoms with Crippen molar-refractivity contribution in [2.45, 2.75) is 6.42 Å². The van der Waals surface area contributed by atoms with Gasteiger partial charge in [0.25, 0.3) is 0 Å². The van der Waals surface area contributed by atoms with Gasteiger partial charge in [-0.15, -0.1) is 0 Å². The van der Waals surface area contributed by atoms with E-state index in [0.717, 1.165) is 37.1 Å². The number of nitrogens with zero attached hydrogens (tertiary/aromatic N) is 2. The first-order valence-corrected chi connectivity index (χ1v) is 9.09. The molecule has 0 saturated carbocycles. The number of urea groups is 1. The highest BCUT2D eigenvalue weighted by molar-refractivity contribution is 9.10. The molecule has 2 aromatic rings. The summed E-state index contributed by atoms with van der Waals surface area (Å²) in [7, 11) is 0. The van der Waals surface area contributed by atoms with Crippen molar-refractivity contribution in [1.82, 2.24) is 10.2 Å². The Morgan fingerprint density at radius 2 is 1.62 bits per heavy atom. The van der Waals surface area contributed by atoms with E-state index >= 15 is 0 Å². The van der Waals surface area contributed by atoms with E-state index in [1.807, 2.05) is 23.1 Å². The van der Waals surface area contributed by atoms with Gasteiger partial charge in [-0.05, 0) is 36.2 Å². The lowest BCUT2D eigenvalue weighted by Gasteiger charge is -2.36. The van der Waals surface area contributed by atoms with Crippen LogP contribution in [0.1, 0.15) is 5.56 Å². The van der Waals surface area contributed by atoms with E-state index in [0.29, 0.717) is 6.54 Å². The molecular weight excluding hydrogens is 366 g/mol. The van der Waals surface area contributed by atoms with Crippen molar-refractivity contribution in [2.75, 3.05) is 37.6 Å². The number of carbonyl (C=O) groups excluding carboxylic acids is 1. The van der Waals surface area contributed by atoms with Crippen molar-refractivity contribution < 1.29 is 4.79 Å². The third-order valence-electron chi connectivity index (χ3n) is 4.29. The fraction of sp³-hybridized carbons (Fsp3) is 0.316. The number of rotatable bonds is 4. The third kappa shape index (κ3) is 4.51. The summed E-state index contributed by atoms with van der Waals surface area (Å²) in [5.74, 6) is 0. The van der Waals surface area contributed by atoms with Crippen LogP contribution in [-0.2, 0) is 6.42 Å². The molecule has 1 aliphatic rings. The Kier molecular flexibility index (Phi) is 5.75. The van der Waals surface area contributed by atoms with Crippen molar-refractivity contribution in [3.05, 3.63) is 64.6 Å². The molecule has 0 aromatic heterocycles. The summed E-state index contributed by atoms with van der Waals surface area (Å²) in [5, 5.41) is 3.03. The Labute approximate surface area is 151 Å². The number of para-hydroxylation sites is 1. The van der Waals surface area contributed by atoms with Crippen molar-refractivity contribution in [2.24, 2.45) is 0 Å². The predicted octanol–water partition coefficient (Wildman–Crippen LogP) is 3.52. The van der Waals surface area contributed by atoms with Crippen LogP contribution in [0, 0.1) is 0 Å². The Bertz CT molecular complexity index is 652. The van der Waals surface area contributed by atoms with Gasteiger partial charge in [-0.25, -0.2) is 4.79 Å². The van der Waals surface area contributed by atoms with E-state index in [4.69, 9.17) is 0 Å². The zero-order valence-electron chi connectivity index (χ0n) is 13.6. The zero-order chi connectivity index (χ0) is 16.8. The first-order chi connectivity index (χ1) is 11.7. The Morgan fingerprint density at radius 3 is 2.29 bits per heavy atom. The molecule has 0 radical (unpaired) electrons. The van der Waals surface area contributed by atoms with Gasteiger partial charge in [-0.2, -0.15) is 0 Å². The minimum absolute atomic E-state index is 0.0415. The molecule has 2 amide bonds. The van der Waals surface area contributed by atoms with Gasteiger partial charge in [0.05, 0.1) is 0 Å². The molecule has 1 aliphatic heterocycles. The number of anilines is 1. The molecule has 5 heteroatoms. The second kappa shape index (κ2) is 8.20. The molecule has 3 rings (SSSR count). The molecule has 126 valence electrons. The van der Waals surface area contributed by atoms with Gasteiger partial charge < -0.3 is 15.1 Å². The molecule has 1 heterocycles. The highest BCUT2D eigenvalue weighted by atomic mass is 79.9. The summed E-state index contributed by atoms with van der Waals surface area (Å²) in [6.45, 7) is 3.95. The maximum Gasteiger partial charge on any atom is 0.317 e. The zero-order valence-corrected chi connectivity index (χ0v) is 15.2. The van der Waals surface area contributed by atoms with Crippen LogP contribution in [0.2, 0.25) is 0 Å². The number of piperazine rings is 1. The topological polar surface area (TPSA) is 35.6 Å². The van der Waals surface area contributed by atoms with Gasteiger partial charge in [-0.3, -0.25) is 0 Å². The average molecular weight is 388 g/mol. The maximum absolute atomic E-state index is 12.3. The second-order valence-corrected chi connectivity index (χ2v) is 6.83. The van der Waals surface area contributed by atoms with Gasteiger partial charge in [-0.1, -0.05) is 46.3 Å². The fourth-order valence-corrected chi connectivity index (χ4v) is 3.15. The van der Waals surface area contributed by atoms with Gasteiger partial charge in [0.1, 0.15) is 0 Å². The lowest BCUT2D eigenvalue weighted by Crippen LogP contribution is -2.52. The van der Waals surface area contributed by atoms with Crippen LogP contribution >= 0.6 is 15.9 Å². The van der Waals surface area contributed by atoms with E-state index in [1.165, 1.54) is 11.3 Å². The van der Waals surface area contributed by atoms with Crippen molar-refractivity contribution >= 4 is 27.6 Å². The summed E-state index contributed by atoms with van der Waals surface area (Å²) in [6, 6.07) is 18.6. The molecule has 2 aromatic carbocycles. The summed E-state index contributed by atoms with van der Waals surface area (Å²) >= 11 is 3.43. The molecule has 0 atom stereocenters. The lowest BCUT2D eigenvalue weighted by atomic mass is 10.1. The number of hydrogen-bond acceptors (Lipinski definition) is 2. The van der Waals surface area contributed by atoms with Crippen LogP contribution < -0.4 is 10.2 Å². The Morgan fingerprint density at radius 1 is 0.958 bits per heavy atom. The van der Waals surface area contributed by atoms with Crippen LogP contribution in [0.4, 0.5) is 10.5 Å². The van der Waals surface area contributed by atoms with Crippen molar-refractivity contribution in [3.8, 4) is 0 Å². The average Bonchev–Trinajstić information content (AvgIpc) is 2.64. The van der Waals surface area contributed by atoms with Crippen LogP contribution in [0.3, 0.4) is 0 Å². The molecular formula is C19H22BrN3O. The van der Waals surface area contributed by atoms with Crippen LogP contribution in [0.25, 0.3) is 0 Å². The third-order valence-corrected chi connectivity index (χ3v) is 4.82.